The summed E-state index contributed by atoms with van der Waals surface area (Å²) in [6.07, 6.45) is 14.4. The maximum atomic E-state index is 8.88. The minimum Gasteiger partial charge on any atom is -0.381 e. The molecule has 1 aliphatic rings. The first-order valence-electron chi connectivity index (χ1n) is 9.52. The highest BCUT2D eigenvalue weighted by Crippen LogP contribution is 2.35. The molecule has 0 N–H and O–H groups in total. The zero-order chi connectivity index (χ0) is 17.0. The fourth-order valence-corrected chi connectivity index (χ4v) is 3.55. The van der Waals surface area contributed by atoms with E-state index in [1.807, 2.05) is 12.1 Å². The molecule has 0 amide bonds. The molecule has 1 saturated carbocycles. The Morgan fingerprint density at radius 3 is 2.50 bits per heavy atom. The molecule has 0 unspecified atom stereocenters. The first-order valence-corrected chi connectivity index (χ1v) is 9.52. The third-order valence-electron chi connectivity index (χ3n) is 5.11. The highest BCUT2D eigenvalue weighted by atomic mass is 16.5. The lowest BCUT2D eigenvalue weighted by molar-refractivity contribution is 0.0800. The highest BCUT2D eigenvalue weighted by molar-refractivity contribution is 5.33. The summed E-state index contributed by atoms with van der Waals surface area (Å²) in [5, 5.41) is 8.88. The second kappa shape index (κ2) is 11.0. The molecular weight excluding hydrogens is 294 g/mol. The number of nitrogens with zero attached hydrogens (tertiary/aromatic N) is 1. The van der Waals surface area contributed by atoms with E-state index in [2.05, 4.69) is 37.3 Å². The molecular formula is C22H31NO. The van der Waals surface area contributed by atoms with E-state index in [4.69, 9.17) is 10.00 Å². The molecule has 0 aromatic heterocycles. The fraction of sp³-hybridized carbons (Fsp3) is 0.591. The van der Waals surface area contributed by atoms with Crippen LogP contribution in [-0.2, 0) is 4.74 Å². The van der Waals surface area contributed by atoms with Gasteiger partial charge in [0.2, 0.25) is 0 Å². The van der Waals surface area contributed by atoms with Crippen molar-refractivity contribution in [3.05, 3.63) is 47.5 Å². The molecule has 1 aromatic carbocycles. The van der Waals surface area contributed by atoms with Crippen molar-refractivity contribution in [3.8, 4) is 6.07 Å². The summed E-state index contributed by atoms with van der Waals surface area (Å²) in [5.74, 6) is 1.41. The van der Waals surface area contributed by atoms with Crippen LogP contribution in [-0.4, -0.2) is 13.2 Å². The third-order valence-corrected chi connectivity index (χ3v) is 5.11. The van der Waals surface area contributed by atoms with Gasteiger partial charge in [0.25, 0.3) is 0 Å². The lowest BCUT2D eigenvalue weighted by Crippen LogP contribution is -2.18. The highest BCUT2D eigenvalue weighted by Gasteiger charge is 2.22. The molecule has 130 valence electrons. The van der Waals surface area contributed by atoms with Gasteiger partial charge in [0.05, 0.1) is 11.6 Å². The number of benzene rings is 1. The summed E-state index contributed by atoms with van der Waals surface area (Å²) in [6.45, 7) is 3.94. The van der Waals surface area contributed by atoms with Crippen LogP contribution in [0.15, 0.2) is 36.4 Å². The van der Waals surface area contributed by atoms with Crippen molar-refractivity contribution in [2.24, 2.45) is 5.92 Å². The molecule has 0 radical (unpaired) electrons. The number of hydrogen-bond acceptors (Lipinski definition) is 2. The van der Waals surface area contributed by atoms with Gasteiger partial charge in [-0.3, -0.25) is 0 Å². The number of allylic oxidation sites excluding steroid dienone is 2. The van der Waals surface area contributed by atoms with Gasteiger partial charge >= 0.3 is 0 Å². The first kappa shape index (κ1) is 18.7. The topological polar surface area (TPSA) is 33.0 Å². The van der Waals surface area contributed by atoms with Gasteiger partial charge in [-0.2, -0.15) is 5.26 Å². The third kappa shape index (κ3) is 6.49. The van der Waals surface area contributed by atoms with Crippen LogP contribution in [0, 0.1) is 17.2 Å². The number of rotatable bonds is 9. The van der Waals surface area contributed by atoms with E-state index in [1.165, 1.54) is 56.9 Å². The van der Waals surface area contributed by atoms with Crippen molar-refractivity contribution in [1.82, 2.24) is 0 Å². The molecule has 24 heavy (non-hydrogen) atoms. The van der Waals surface area contributed by atoms with E-state index in [9.17, 15) is 0 Å². The largest absolute Gasteiger partial charge is 0.381 e. The Hall–Kier alpha value is -1.59. The number of hydrogen-bond donors (Lipinski definition) is 0. The molecule has 1 aromatic rings. The van der Waals surface area contributed by atoms with Crippen LogP contribution in [0.2, 0.25) is 0 Å². The van der Waals surface area contributed by atoms with Crippen LogP contribution in [0.1, 0.15) is 75.3 Å². The van der Waals surface area contributed by atoms with E-state index < -0.39 is 0 Å². The van der Waals surface area contributed by atoms with E-state index in [0.717, 1.165) is 24.7 Å². The molecule has 0 heterocycles. The molecule has 0 bridgehead atoms. The van der Waals surface area contributed by atoms with Crippen LogP contribution in [0.3, 0.4) is 0 Å². The summed E-state index contributed by atoms with van der Waals surface area (Å²) < 4.78 is 5.90. The van der Waals surface area contributed by atoms with E-state index >= 15 is 0 Å². The van der Waals surface area contributed by atoms with Gasteiger partial charge in [-0.25, -0.2) is 0 Å². The van der Waals surface area contributed by atoms with E-state index in [1.54, 1.807) is 0 Å². The van der Waals surface area contributed by atoms with Crippen molar-refractivity contribution in [2.75, 3.05) is 13.2 Å². The zero-order valence-corrected chi connectivity index (χ0v) is 15.0. The number of nitriles is 1. The lowest BCUT2D eigenvalue weighted by atomic mass is 9.79. The maximum absolute atomic E-state index is 8.88. The Morgan fingerprint density at radius 1 is 1.08 bits per heavy atom. The minimum atomic E-state index is 0.667. The van der Waals surface area contributed by atoms with Gasteiger partial charge in [-0.15, -0.1) is 0 Å². The van der Waals surface area contributed by atoms with E-state index in [-0.39, 0.29) is 0 Å². The zero-order valence-electron chi connectivity index (χ0n) is 15.0. The molecule has 1 aliphatic carbocycles. The van der Waals surface area contributed by atoms with Crippen LogP contribution >= 0.6 is 0 Å². The lowest BCUT2D eigenvalue weighted by Gasteiger charge is -2.28. The van der Waals surface area contributed by atoms with Crippen molar-refractivity contribution in [2.45, 2.75) is 64.2 Å². The smallest absolute Gasteiger partial charge is 0.0991 e. The SMILES string of the molecule is C/C=C/CCCCCOCC1CCC(c2ccc(C#N)cc2)CC1. The maximum Gasteiger partial charge on any atom is 0.0991 e. The second-order valence-electron chi connectivity index (χ2n) is 6.94. The average Bonchev–Trinajstić information content (AvgIpc) is 2.64. The summed E-state index contributed by atoms with van der Waals surface area (Å²) in [6, 6.07) is 10.3. The molecule has 2 nitrogen and oxygen atoms in total. The van der Waals surface area contributed by atoms with Crippen LogP contribution in [0.25, 0.3) is 0 Å². The van der Waals surface area contributed by atoms with Gasteiger partial charge in [0, 0.05) is 13.2 Å². The Labute approximate surface area is 147 Å². The van der Waals surface area contributed by atoms with Gasteiger partial charge in [0.15, 0.2) is 0 Å². The quantitative estimate of drug-likeness (QED) is 0.413. The number of unbranched alkanes of at least 4 members (excludes halogenated alkanes) is 3. The summed E-state index contributed by atoms with van der Waals surface area (Å²) in [4.78, 5) is 0. The van der Waals surface area contributed by atoms with Crippen LogP contribution in [0.5, 0.6) is 0 Å². The monoisotopic (exact) mass is 325 g/mol. The Balaban J connectivity index is 1.56. The fourth-order valence-electron chi connectivity index (χ4n) is 3.55. The molecule has 2 rings (SSSR count). The van der Waals surface area contributed by atoms with Crippen molar-refractivity contribution < 1.29 is 4.74 Å². The molecule has 0 atom stereocenters. The van der Waals surface area contributed by atoms with Gasteiger partial charge in [-0.1, -0.05) is 30.7 Å². The first-order chi connectivity index (χ1) is 11.8. The summed E-state index contributed by atoms with van der Waals surface area (Å²) >= 11 is 0. The van der Waals surface area contributed by atoms with E-state index in [0.29, 0.717) is 5.92 Å². The molecule has 1 fully saturated rings. The second-order valence-corrected chi connectivity index (χ2v) is 6.94. The van der Waals surface area contributed by atoms with Gasteiger partial charge in [-0.05, 0) is 81.4 Å². The van der Waals surface area contributed by atoms with Crippen molar-refractivity contribution in [3.63, 3.8) is 0 Å². The van der Waals surface area contributed by atoms with Gasteiger partial charge < -0.3 is 4.74 Å². The minimum absolute atomic E-state index is 0.667. The Bertz CT molecular complexity index is 518. The average molecular weight is 325 g/mol. The summed E-state index contributed by atoms with van der Waals surface area (Å²) in [7, 11) is 0. The standard InChI is InChI=1S/C22H31NO/c1-2-3-4-5-6-7-16-24-18-20-10-14-22(15-11-20)21-12-8-19(17-23)9-13-21/h2-3,8-9,12-13,20,22H,4-7,10-11,14-16,18H2,1H3/b3-2+. The van der Waals surface area contributed by atoms with Crippen LogP contribution < -0.4 is 0 Å². The predicted octanol–water partition coefficient (Wildman–Crippen LogP) is 5.99. The van der Waals surface area contributed by atoms with Gasteiger partial charge in [0.1, 0.15) is 0 Å². The Morgan fingerprint density at radius 2 is 1.83 bits per heavy atom. The normalized spacial score (nSPS) is 21.0. The Kier molecular flexibility index (Phi) is 8.63. The van der Waals surface area contributed by atoms with Crippen molar-refractivity contribution >= 4 is 0 Å². The van der Waals surface area contributed by atoms with Crippen molar-refractivity contribution in [1.29, 1.82) is 5.26 Å². The summed E-state index contributed by atoms with van der Waals surface area (Å²) in [5.41, 5.74) is 2.15. The number of ether oxygens (including phenoxy) is 1. The molecule has 2 heteroatoms. The predicted molar refractivity (Wildman–Crippen MR) is 100.0 cm³/mol. The van der Waals surface area contributed by atoms with Crippen LogP contribution in [0.4, 0.5) is 0 Å². The molecule has 0 saturated heterocycles. The molecule has 0 spiro atoms. The molecule has 0 aliphatic heterocycles.